The second-order valence-electron chi connectivity index (χ2n) is 7.05. The SMILES string of the molecule is Cc1cc(CNc2ccccc2C(=O)O)c2cc(-c3ccnnc3)c(C(F)F)nc2c1. The van der Waals surface area contributed by atoms with Gasteiger partial charge in [0.25, 0.3) is 6.43 Å². The van der Waals surface area contributed by atoms with Gasteiger partial charge in [-0.2, -0.15) is 10.2 Å². The summed E-state index contributed by atoms with van der Waals surface area (Å²) in [4.78, 5) is 15.7. The maximum absolute atomic E-state index is 13.8. The molecule has 2 aromatic heterocycles. The standard InChI is InChI=1S/C23H18F2N4O2/c1-13-8-15(11-26-19-5-3-2-4-16(19)23(30)31)17-10-18(14-6-7-27-28-12-14)21(22(24)25)29-20(17)9-13/h2-10,12,22,26H,11H2,1H3,(H,30,31). The van der Waals surface area contributed by atoms with Gasteiger partial charge in [-0.3, -0.25) is 0 Å². The molecule has 6 nitrogen and oxygen atoms in total. The quantitative estimate of drug-likeness (QED) is 0.443. The third-order valence-corrected chi connectivity index (χ3v) is 4.92. The molecular formula is C23H18F2N4O2. The summed E-state index contributed by atoms with van der Waals surface area (Å²) in [6, 6.07) is 13.6. The molecule has 4 aromatic rings. The van der Waals surface area contributed by atoms with Crippen LogP contribution in [0.1, 0.15) is 33.6 Å². The smallest absolute Gasteiger partial charge is 0.337 e. The van der Waals surface area contributed by atoms with Crippen LogP contribution < -0.4 is 5.32 Å². The van der Waals surface area contributed by atoms with Crippen molar-refractivity contribution in [2.45, 2.75) is 19.9 Å². The van der Waals surface area contributed by atoms with Crippen LogP contribution in [0.15, 0.2) is 60.9 Å². The van der Waals surface area contributed by atoms with E-state index in [1.807, 2.05) is 13.0 Å². The lowest BCUT2D eigenvalue weighted by Gasteiger charge is -2.15. The molecule has 0 aliphatic rings. The number of nitrogens with one attached hydrogen (secondary N) is 1. The number of aromatic carboxylic acids is 1. The molecule has 0 spiro atoms. The van der Waals surface area contributed by atoms with Crippen LogP contribution in [0.4, 0.5) is 14.5 Å². The van der Waals surface area contributed by atoms with E-state index >= 15 is 0 Å². The highest BCUT2D eigenvalue weighted by Gasteiger charge is 2.19. The van der Waals surface area contributed by atoms with Gasteiger partial charge in [-0.25, -0.2) is 18.6 Å². The van der Waals surface area contributed by atoms with E-state index in [2.05, 4.69) is 20.5 Å². The van der Waals surface area contributed by atoms with E-state index in [-0.39, 0.29) is 16.8 Å². The molecule has 2 N–H and O–H groups in total. The first kappa shape index (κ1) is 20.3. The minimum absolute atomic E-state index is 0.154. The van der Waals surface area contributed by atoms with Crippen LogP contribution in [0.3, 0.4) is 0 Å². The average molecular weight is 420 g/mol. The predicted octanol–water partition coefficient (Wildman–Crippen LogP) is 5.25. The zero-order valence-corrected chi connectivity index (χ0v) is 16.5. The number of benzene rings is 2. The predicted molar refractivity (Wildman–Crippen MR) is 113 cm³/mol. The summed E-state index contributed by atoms with van der Waals surface area (Å²) in [7, 11) is 0. The van der Waals surface area contributed by atoms with Crippen LogP contribution in [0.25, 0.3) is 22.0 Å². The second-order valence-corrected chi connectivity index (χ2v) is 7.05. The fraction of sp³-hybridized carbons (Fsp3) is 0.130. The number of nitrogens with zero attached hydrogens (tertiary/aromatic N) is 3. The average Bonchev–Trinajstić information content (AvgIpc) is 2.77. The molecule has 0 unspecified atom stereocenters. The number of anilines is 1. The van der Waals surface area contributed by atoms with Gasteiger partial charge in [0.2, 0.25) is 0 Å². The molecule has 4 rings (SSSR count). The Morgan fingerprint density at radius 3 is 2.65 bits per heavy atom. The van der Waals surface area contributed by atoms with Gasteiger partial charge in [-0.15, -0.1) is 0 Å². The molecule has 31 heavy (non-hydrogen) atoms. The number of alkyl halides is 2. The highest BCUT2D eigenvalue weighted by Crippen LogP contribution is 2.34. The zero-order chi connectivity index (χ0) is 22.0. The molecule has 0 saturated heterocycles. The van der Waals surface area contributed by atoms with Gasteiger partial charge in [0.1, 0.15) is 5.69 Å². The topological polar surface area (TPSA) is 88.0 Å². The maximum Gasteiger partial charge on any atom is 0.337 e. The van der Waals surface area contributed by atoms with Crippen molar-refractivity contribution in [2.75, 3.05) is 5.32 Å². The molecule has 8 heteroatoms. The third-order valence-electron chi connectivity index (χ3n) is 4.92. The Bertz CT molecular complexity index is 1260. The van der Waals surface area contributed by atoms with E-state index in [1.165, 1.54) is 18.5 Å². The van der Waals surface area contributed by atoms with Crippen LogP contribution >= 0.6 is 0 Å². The third kappa shape index (κ3) is 4.18. The highest BCUT2D eigenvalue weighted by molar-refractivity contribution is 5.94. The fourth-order valence-corrected chi connectivity index (χ4v) is 3.53. The summed E-state index contributed by atoms with van der Waals surface area (Å²) in [5.41, 5.74) is 3.21. The minimum Gasteiger partial charge on any atom is -0.478 e. The Kier molecular flexibility index (Phi) is 5.53. The van der Waals surface area contributed by atoms with Gasteiger partial charge in [0, 0.05) is 28.7 Å². The van der Waals surface area contributed by atoms with Gasteiger partial charge in [0.05, 0.1) is 23.5 Å². The molecule has 0 aliphatic heterocycles. The van der Waals surface area contributed by atoms with Gasteiger partial charge in [0.15, 0.2) is 0 Å². The van der Waals surface area contributed by atoms with Gasteiger partial charge in [-0.05, 0) is 48.4 Å². The number of para-hydroxylation sites is 1. The summed E-state index contributed by atoms with van der Waals surface area (Å²) in [6.07, 6.45) is 0.108. The molecule has 156 valence electrons. The normalized spacial score (nSPS) is 11.1. The number of rotatable bonds is 6. The van der Waals surface area contributed by atoms with Crippen LogP contribution in [0, 0.1) is 6.92 Å². The molecular weight excluding hydrogens is 402 g/mol. The van der Waals surface area contributed by atoms with Gasteiger partial charge >= 0.3 is 5.97 Å². The number of halogens is 2. The molecule has 2 aromatic carbocycles. The Hall–Kier alpha value is -3.94. The monoisotopic (exact) mass is 420 g/mol. The molecule has 0 atom stereocenters. The van der Waals surface area contributed by atoms with Crippen molar-refractivity contribution in [3.05, 3.63) is 83.3 Å². The summed E-state index contributed by atoms with van der Waals surface area (Å²) < 4.78 is 27.5. The van der Waals surface area contributed by atoms with Crippen molar-refractivity contribution in [3.8, 4) is 11.1 Å². The first-order chi connectivity index (χ1) is 14.9. The van der Waals surface area contributed by atoms with Crippen molar-refractivity contribution >= 4 is 22.6 Å². The minimum atomic E-state index is -2.75. The van der Waals surface area contributed by atoms with E-state index in [1.54, 1.807) is 36.4 Å². The molecule has 0 amide bonds. The fourth-order valence-electron chi connectivity index (χ4n) is 3.53. The lowest BCUT2D eigenvalue weighted by molar-refractivity contribution is 0.0698. The molecule has 0 bridgehead atoms. The maximum atomic E-state index is 13.8. The number of hydrogen-bond donors (Lipinski definition) is 2. The Morgan fingerprint density at radius 1 is 1.13 bits per heavy atom. The van der Waals surface area contributed by atoms with Gasteiger partial charge in [-0.1, -0.05) is 18.2 Å². The van der Waals surface area contributed by atoms with Crippen molar-refractivity contribution in [1.29, 1.82) is 0 Å². The number of hydrogen-bond acceptors (Lipinski definition) is 5. The first-order valence-corrected chi connectivity index (χ1v) is 9.49. The van der Waals surface area contributed by atoms with E-state index in [4.69, 9.17) is 0 Å². The van der Waals surface area contributed by atoms with E-state index in [0.29, 0.717) is 28.7 Å². The molecule has 0 aliphatic carbocycles. The van der Waals surface area contributed by atoms with Crippen molar-refractivity contribution in [2.24, 2.45) is 0 Å². The van der Waals surface area contributed by atoms with Crippen LogP contribution in [0.2, 0.25) is 0 Å². The molecule has 2 heterocycles. The van der Waals surface area contributed by atoms with Crippen molar-refractivity contribution < 1.29 is 18.7 Å². The van der Waals surface area contributed by atoms with Crippen molar-refractivity contribution in [1.82, 2.24) is 15.2 Å². The summed E-state index contributed by atoms with van der Waals surface area (Å²) in [6.45, 7) is 2.16. The van der Waals surface area contributed by atoms with E-state index in [9.17, 15) is 18.7 Å². The number of aryl methyl sites for hydroxylation is 1. The Balaban J connectivity index is 1.82. The number of pyridine rings is 1. The molecule has 0 fully saturated rings. The van der Waals surface area contributed by atoms with Crippen LogP contribution in [-0.2, 0) is 6.54 Å². The number of fused-ring (bicyclic) bond motifs is 1. The molecule has 0 radical (unpaired) electrons. The molecule has 0 saturated carbocycles. The van der Waals surface area contributed by atoms with E-state index in [0.717, 1.165) is 11.1 Å². The lowest BCUT2D eigenvalue weighted by Crippen LogP contribution is -2.07. The first-order valence-electron chi connectivity index (χ1n) is 9.49. The summed E-state index contributed by atoms with van der Waals surface area (Å²) in [5.74, 6) is -1.03. The zero-order valence-electron chi connectivity index (χ0n) is 16.5. The number of aromatic nitrogens is 3. The Labute approximate surface area is 176 Å². The number of carboxylic acid groups (broad SMARTS) is 1. The van der Waals surface area contributed by atoms with Crippen molar-refractivity contribution in [3.63, 3.8) is 0 Å². The second kappa shape index (κ2) is 8.43. The highest BCUT2D eigenvalue weighted by atomic mass is 19.3. The Morgan fingerprint density at radius 2 is 1.94 bits per heavy atom. The van der Waals surface area contributed by atoms with Gasteiger partial charge < -0.3 is 10.4 Å². The number of carbonyl (C=O) groups is 1. The summed E-state index contributed by atoms with van der Waals surface area (Å²) in [5, 5.41) is 20.7. The van der Waals surface area contributed by atoms with Crippen LogP contribution in [0.5, 0.6) is 0 Å². The summed E-state index contributed by atoms with van der Waals surface area (Å²) >= 11 is 0. The van der Waals surface area contributed by atoms with E-state index < -0.39 is 12.4 Å². The largest absolute Gasteiger partial charge is 0.478 e. The van der Waals surface area contributed by atoms with Crippen LogP contribution in [-0.4, -0.2) is 26.3 Å². The lowest BCUT2D eigenvalue weighted by atomic mass is 9.98. The number of carboxylic acids is 1.